The smallest absolute Gasteiger partial charge is 0.0640 e. The summed E-state index contributed by atoms with van der Waals surface area (Å²) in [5, 5.41) is 18.0. The van der Waals surface area contributed by atoms with Gasteiger partial charge >= 0.3 is 0 Å². The number of hydrogen-bond donors (Lipinski definition) is 1. The molecule has 2 atom stereocenters. The molecule has 0 saturated carbocycles. The predicted molar refractivity (Wildman–Crippen MR) is 76.9 cm³/mol. The first kappa shape index (κ1) is 14.0. The fraction of sp³-hybridized carbons (Fsp3) is 0.786. The molecule has 1 aromatic rings. The van der Waals surface area contributed by atoms with Crippen LogP contribution >= 0.6 is 0 Å². The molecule has 112 valence electrons. The Hall–Kier alpha value is -0.950. The molecule has 2 fully saturated rings. The maximum Gasteiger partial charge on any atom is 0.0640 e. The number of fused-ring (bicyclic) bond motifs is 2. The third kappa shape index (κ3) is 2.74. The Labute approximate surface area is 120 Å². The SMILES string of the molecule is CN(C)N1C2CCC1CN(Cc1cnn(CCO)c1)C2. The zero-order valence-electron chi connectivity index (χ0n) is 12.4. The normalized spacial score (nSPS) is 27.6. The fourth-order valence-corrected chi connectivity index (χ4v) is 3.72. The first-order valence-electron chi connectivity index (χ1n) is 7.47. The van der Waals surface area contributed by atoms with Crippen LogP contribution in [-0.4, -0.2) is 75.7 Å². The van der Waals surface area contributed by atoms with Gasteiger partial charge in [-0.2, -0.15) is 5.10 Å². The molecule has 2 aliphatic rings. The lowest BCUT2D eigenvalue weighted by Crippen LogP contribution is -2.57. The highest BCUT2D eigenvalue weighted by atomic mass is 16.3. The van der Waals surface area contributed by atoms with Gasteiger partial charge in [0, 0.05) is 57.6 Å². The van der Waals surface area contributed by atoms with Gasteiger partial charge in [0.05, 0.1) is 19.3 Å². The van der Waals surface area contributed by atoms with Crippen molar-refractivity contribution >= 4 is 0 Å². The number of hydrazine groups is 1. The predicted octanol–water partition coefficient (Wildman–Crippen LogP) is 0.000600. The summed E-state index contributed by atoms with van der Waals surface area (Å²) in [6, 6.07) is 1.33. The van der Waals surface area contributed by atoms with Crippen molar-refractivity contribution in [3.63, 3.8) is 0 Å². The van der Waals surface area contributed by atoms with Crippen molar-refractivity contribution in [1.82, 2.24) is 24.7 Å². The van der Waals surface area contributed by atoms with Gasteiger partial charge in [-0.25, -0.2) is 10.0 Å². The molecule has 1 aromatic heterocycles. The van der Waals surface area contributed by atoms with Crippen molar-refractivity contribution in [1.29, 1.82) is 0 Å². The third-order valence-corrected chi connectivity index (χ3v) is 4.40. The van der Waals surface area contributed by atoms with E-state index in [0.717, 1.165) is 19.6 Å². The summed E-state index contributed by atoms with van der Waals surface area (Å²) in [5.41, 5.74) is 1.25. The lowest BCUT2D eigenvalue weighted by Gasteiger charge is -2.43. The van der Waals surface area contributed by atoms with Crippen molar-refractivity contribution in [2.45, 2.75) is 38.0 Å². The molecule has 0 spiro atoms. The Balaban J connectivity index is 1.60. The van der Waals surface area contributed by atoms with Crippen LogP contribution in [0.15, 0.2) is 12.4 Å². The molecule has 2 aliphatic heterocycles. The summed E-state index contributed by atoms with van der Waals surface area (Å²) in [7, 11) is 4.31. The van der Waals surface area contributed by atoms with Crippen LogP contribution in [-0.2, 0) is 13.1 Å². The largest absolute Gasteiger partial charge is 0.394 e. The molecule has 0 aliphatic carbocycles. The van der Waals surface area contributed by atoms with Crippen LogP contribution in [0.1, 0.15) is 18.4 Å². The molecule has 3 rings (SSSR count). The summed E-state index contributed by atoms with van der Waals surface area (Å²) in [4.78, 5) is 2.54. The van der Waals surface area contributed by atoms with Gasteiger partial charge < -0.3 is 5.11 Å². The Kier molecular flexibility index (Phi) is 4.07. The first-order chi connectivity index (χ1) is 9.67. The molecule has 1 N–H and O–H groups in total. The average Bonchev–Trinajstić information content (AvgIpc) is 2.93. The summed E-state index contributed by atoms with van der Waals surface area (Å²) < 4.78 is 1.82. The van der Waals surface area contributed by atoms with E-state index in [2.05, 4.69) is 40.3 Å². The highest BCUT2D eigenvalue weighted by molar-refractivity contribution is 5.05. The zero-order valence-corrected chi connectivity index (χ0v) is 12.4. The summed E-state index contributed by atoms with van der Waals surface area (Å²) in [6.07, 6.45) is 6.60. The van der Waals surface area contributed by atoms with Crippen molar-refractivity contribution in [2.24, 2.45) is 0 Å². The van der Waals surface area contributed by atoms with Crippen LogP contribution in [0.3, 0.4) is 0 Å². The van der Waals surface area contributed by atoms with E-state index < -0.39 is 0 Å². The van der Waals surface area contributed by atoms with E-state index >= 15 is 0 Å². The van der Waals surface area contributed by atoms with Crippen molar-refractivity contribution < 1.29 is 5.11 Å². The molecule has 20 heavy (non-hydrogen) atoms. The highest BCUT2D eigenvalue weighted by Crippen LogP contribution is 2.31. The summed E-state index contributed by atoms with van der Waals surface area (Å²) >= 11 is 0. The van der Waals surface area contributed by atoms with Gasteiger partial charge in [0.2, 0.25) is 0 Å². The molecule has 6 heteroatoms. The van der Waals surface area contributed by atoms with E-state index in [4.69, 9.17) is 5.11 Å². The van der Waals surface area contributed by atoms with E-state index in [1.807, 2.05) is 10.9 Å². The fourth-order valence-electron chi connectivity index (χ4n) is 3.72. The van der Waals surface area contributed by atoms with Gasteiger partial charge in [-0.05, 0) is 12.8 Å². The van der Waals surface area contributed by atoms with Gasteiger partial charge in [0.25, 0.3) is 0 Å². The molecule has 0 radical (unpaired) electrons. The van der Waals surface area contributed by atoms with Crippen molar-refractivity contribution in [3.05, 3.63) is 18.0 Å². The lowest BCUT2D eigenvalue weighted by molar-refractivity contribution is -0.0733. The number of piperazine rings is 1. The van der Waals surface area contributed by atoms with Crippen molar-refractivity contribution in [3.8, 4) is 0 Å². The molecule has 2 unspecified atom stereocenters. The van der Waals surface area contributed by atoms with E-state index in [9.17, 15) is 0 Å². The minimum atomic E-state index is 0.146. The van der Waals surface area contributed by atoms with Gasteiger partial charge in [0.15, 0.2) is 0 Å². The Morgan fingerprint density at radius 1 is 1.30 bits per heavy atom. The van der Waals surface area contributed by atoms with Gasteiger partial charge in [-0.15, -0.1) is 0 Å². The van der Waals surface area contributed by atoms with E-state index in [1.165, 1.54) is 18.4 Å². The first-order valence-corrected chi connectivity index (χ1v) is 7.47. The van der Waals surface area contributed by atoms with Crippen molar-refractivity contribution in [2.75, 3.05) is 33.8 Å². The number of aliphatic hydroxyl groups is 1. The summed E-state index contributed by atoms with van der Waals surface area (Å²) in [6.45, 7) is 3.98. The second kappa shape index (κ2) is 5.81. The third-order valence-electron chi connectivity index (χ3n) is 4.40. The number of nitrogens with zero attached hydrogens (tertiary/aromatic N) is 5. The van der Waals surface area contributed by atoms with Crippen LogP contribution in [0.25, 0.3) is 0 Å². The Morgan fingerprint density at radius 3 is 2.60 bits per heavy atom. The molecular formula is C14H25N5O. The van der Waals surface area contributed by atoms with E-state index in [1.54, 1.807) is 0 Å². The van der Waals surface area contributed by atoms with Crippen LogP contribution < -0.4 is 0 Å². The minimum absolute atomic E-state index is 0.146. The molecule has 2 saturated heterocycles. The van der Waals surface area contributed by atoms with E-state index in [0.29, 0.717) is 18.6 Å². The van der Waals surface area contributed by atoms with Crippen LogP contribution in [0.5, 0.6) is 0 Å². The van der Waals surface area contributed by atoms with Gasteiger partial charge in [0.1, 0.15) is 0 Å². The Bertz CT molecular complexity index is 433. The molecule has 3 heterocycles. The molecule has 6 nitrogen and oxygen atoms in total. The quantitative estimate of drug-likeness (QED) is 0.822. The molecule has 0 aromatic carbocycles. The molecular weight excluding hydrogens is 254 g/mol. The lowest BCUT2D eigenvalue weighted by atomic mass is 10.2. The monoisotopic (exact) mass is 279 g/mol. The number of rotatable bonds is 5. The standard InChI is InChI=1S/C14H25N5O/c1-16(2)19-13-3-4-14(19)11-17(10-13)8-12-7-15-18(9-12)5-6-20/h7,9,13-14,20H,3-6,8,10-11H2,1-2H3. The number of likely N-dealkylation sites (tertiary alicyclic amines) is 1. The van der Waals surface area contributed by atoms with Crippen LogP contribution in [0.4, 0.5) is 0 Å². The Morgan fingerprint density at radius 2 is 2.00 bits per heavy atom. The molecule has 2 bridgehead atoms. The van der Waals surface area contributed by atoms with Crippen LogP contribution in [0, 0.1) is 0 Å². The maximum atomic E-state index is 8.93. The van der Waals surface area contributed by atoms with Crippen LogP contribution in [0.2, 0.25) is 0 Å². The maximum absolute atomic E-state index is 8.93. The zero-order chi connectivity index (χ0) is 14.1. The second-order valence-electron chi connectivity index (χ2n) is 6.14. The van der Waals surface area contributed by atoms with Gasteiger partial charge in [-0.3, -0.25) is 9.58 Å². The topological polar surface area (TPSA) is 47.8 Å². The highest BCUT2D eigenvalue weighted by Gasteiger charge is 2.40. The number of aromatic nitrogens is 2. The van der Waals surface area contributed by atoms with Gasteiger partial charge in [-0.1, -0.05) is 0 Å². The molecule has 0 amide bonds. The number of hydrogen-bond acceptors (Lipinski definition) is 5. The van der Waals surface area contributed by atoms with E-state index in [-0.39, 0.29) is 6.61 Å². The summed E-state index contributed by atoms with van der Waals surface area (Å²) in [5.74, 6) is 0. The number of aliphatic hydroxyl groups excluding tert-OH is 1. The second-order valence-corrected chi connectivity index (χ2v) is 6.14. The average molecular weight is 279 g/mol. The minimum Gasteiger partial charge on any atom is -0.394 e.